The van der Waals surface area contributed by atoms with Crippen molar-refractivity contribution >= 4 is 69.9 Å². The van der Waals surface area contributed by atoms with E-state index in [2.05, 4.69) is 63.8 Å². The van der Waals surface area contributed by atoms with E-state index in [0.29, 0.717) is 57.3 Å². The van der Waals surface area contributed by atoms with Crippen LogP contribution in [0.4, 0.5) is 0 Å². The van der Waals surface area contributed by atoms with Gasteiger partial charge in [0.25, 0.3) is 6.47 Å². The van der Waals surface area contributed by atoms with Gasteiger partial charge >= 0.3 is 103 Å². The molecule has 1 aromatic heterocycles. The summed E-state index contributed by atoms with van der Waals surface area (Å²) in [4.78, 5) is 38.3. The summed E-state index contributed by atoms with van der Waals surface area (Å²) in [7, 11) is 0. The van der Waals surface area contributed by atoms with Crippen LogP contribution in [0.2, 0.25) is 0 Å². The SMILES string of the molecule is C.CSC1C=NN=C1.CSc1cnn(CC(=O)[C@H]2CC[C@H]3[C@@H]4CC[C@H]5C[C@](C)(O)CC[C@]5(C)[C@H]4CC[C@]23C)c1.C[C@@]1(O)CC[C@@]2(C)[C@@H](CC[C@@H]3[C@@H]2CC[C@]2(C)[C@@H](C(=O)CBr)CC[C@@H]32)C1.O=CO[O-].[H-].[K+].[K+]. The fraction of sp³-hybridized carbons (Fsp3) is 0.852. The van der Waals surface area contributed by atoms with Gasteiger partial charge in [0.2, 0.25) is 0 Å². The molecule has 0 aromatic carbocycles. The molecule has 16 atom stereocenters. The van der Waals surface area contributed by atoms with Gasteiger partial charge in [-0.3, -0.25) is 19.1 Å². The molecule has 0 radical (unpaired) electrons. The number of fused-ring (bicyclic) bond motifs is 10. The predicted molar refractivity (Wildman–Crippen MR) is 279 cm³/mol. The number of aliphatic hydroxyl groups is 2. The van der Waals surface area contributed by atoms with Crippen molar-refractivity contribution in [3.63, 3.8) is 0 Å². The Morgan fingerprint density at radius 2 is 1.17 bits per heavy atom. The van der Waals surface area contributed by atoms with Crippen molar-refractivity contribution in [2.75, 3.05) is 17.8 Å². The molecule has 8 saturated carbocycles. The van der Waals surface area contributed by atoms with Crippen LogP contribution in [-0.2, 0) is 25.8 Å². The number of ketones is 2. The Balaban J connectivity index is 0.000000299. The first kappa shape index (κ1) is 64.2. The van der Waals surface area contributed by atoms with Crippen molar-refractivity contribution in [2.45, 2.75) is 192 Å². The molecular weight excluding hydrogens is 1040 g/mol. The second-order valence-corrected chi connectivity index (χ2v) is 26.6. The van der Waals surface area contributed by atoms with Crippen molar-refractivity contribution in [3.05, 3.63) is 12.4 Å². The van der Waals surface area contributed by atoms with E-state index >= 15 is 0 Å². The van der Waals surface area contributed by atoms with Crippen LogP contribution in [-0.4, -0.2) is 84.8 Å². The topological polar surface area (TPSA) is 166 Å². The van der Waals surface area contributed by atoms with E-state index in [1.54, 1.807) is 23.5 Å². The Hall–Kier alpha value is 1.69. The van der Waals surface area contributed by atoms with E-state index in [-0.39, 0.29) is 141 Å². The second-order valence-electron chi connectivity index (χ2n) is 24.1. The first-order chi connectivity index (χ1) is 31.7. The molecule has 0 amide bonds. The molecule has 0 bridgehead atoms. The normalized spacial score (nSPS) is 42.6. The molecule has 70 heavy (non-hydrogen) atoms. The Morgan fingerprint density at radius 1 is 0.729 bits per heavy atom. The molecule has 9 aliphatic rings. The summed E-state index contributed by atoms with van der Waals surface area (Å²) in [5.74, 6) is 7.32. The first-order valence-electron chi connectivity index (χ1n) is 25.7. The van der Waals surface area contributed by atoms with Crippen LogP contribution in [0.1, 0.15) is 166 Å². The van der Waals surface area contributed by atoms with Crippen LogP contribution in [0.3, 0.4) is 0 Å². The Bertz CT molecular complexity index is 1970. The van der Waals surface area contributed by atoms with Crippen molar-refractivity contribution in [3.8, 4) is 0 Å². The molecule has 386 valence electrons. The molecule has 0 saturated heterocycles. The number of aromatic nitrogens is 2. The number of alkyl halides is 1. The van der Waals surface area contributed by atoms with Crippen LogP contribution >= 0.6 is 39.5 Å². The summed E-state index contributed by atoms with van der Waals surface area (Å²) < 4.78 is 1.84. The van der Waals surface area contributed by atoms with E-state index < -0.39 is 11.2 Å². The minimum absolute atomic E-state index is 0. The summed E-state index contributed by atoms with van der Waals surface area (Å²) >= 11 is 6.84. The molecule has 11 nitrogen and oxygen atoms in total. The number of rotatable bonds is 8. The predicted octanol–water partition coefficient (Wildman–Crippen LogP) is 4.92. The van der Waals surface area contributed by atoms with Gasteiger partial charge in [0, 0.05) is 35.4 Å². The van der Waals surface area contributed by atoms with E-state index in [1.165, 1.54) is 77.0 Å². The van der Waals surface area contributed by atoms with Crippen molar-refractivity contribution in [2.24, 2.45) is 91.0 Å². The molecule has 2 N–H and O–H groups in total. The number of thioether (sulfide) groups is 2. The molecule has 10 rings (SSSR count). The molecular formula is C54H87BrK2N4O7S2. The average Bonchev–Trinajstić information content (AvgIpc) is 4.13. The number of hydrogen-bond donors (Lipinski definition) is 2. The summed E-state index contributed by atoms with van der Waals surface area (Å²) in [6.07, 6.45) is 32.7. The molecule has 2 heterocycles. The zero-order valence-electron chi connectivity index (χ0n) is 44.8. The van der Waals surface area contributed by atoms with Crippen LogP contribution in [0.15, 0.2) is 27.5 Å². The van der Waals surface area contributed by atoms with Gasteiger partial charge < -0.3 is 21.8 Å². The molecule has 0 unspecified atom stereocenters. The van der Waals surface area contributed by atoms with E-state index in [4.69, 9.17) is 10.1 Å². The van der Waals surface area contributed by atoms with Gasteiger partial charge in [0.05, 0.1) is 34.5 Å². The van der Waals surface area contributed by atoms with E-state index in [1.807, 2.05) is 55.9 Å². The summed E-state index contributed by atoms with van der Waals surface area (Å²) in [6, 6.07) is 0. The Kier molecular flexibility index (Phi) is 24.4. The Morgan fingerprint density at radius 3 is 1.56 bits per heavy atom. The van der Waals surface area contributed by atoms with Crippen LogP contribution in [0.25, 0.3) is 0 Å². The largest absolute Gasteiger partial charge is 1.00 e. The summed E-state index contributed by atoms with van der Waals surface area (Å²) in [6.45, 7) is 14.3. The number of hydrogen-bond acceptors (Lipinski definition) is 12. The van der Waals surface area contributed by atoms with Crippen LogP contribution in [0, 0.1) is 80.8 Å². The maximum absolute atomic E-state index is 13.4. The van der Waals surface area contributed by atoms with Crippen molar-refractivity contribution in [1.29, 1.82) is 0 Å². The number of nitrogens with zero attached hydrogens (tertiary/aromatic N) is 4. The number of carbonyl (C=O) groups is 3. The average molecular weight is 1130 g/mol. The minimum atomic E-state index is -0.465. The van der Waals surface area contributed by atoms with Gasteiger partial charge in [0.1, 0.15) is 5.78 Å². The standard InChI is InChI=1S/C26H40N2O2S.C22H35BrO2.C4H6N2S.CH2O3.CH4.2K.H/c1-24(30)11-12-25(2)17(13-24)5-6-19-20-7-8-22(26(20,3)10-9-21(19)25)23(29)16-28-15-18(31-4)14-27-28;1-20(25)10-11-21(2)14(12-20)4-5-15-16-6-7-18(19(24)13-23)22(16,3)9-8-17(15)21;1-7-4-2-5-6-3-4;2-1-4-3;;;;/h14-15,17,19-22,30H,5-13,16H2,1-4H3;14-18,25H,4-13H2,1-3H3;2-4H,1H3;1,3H;1H4;;;/q;;;;;2*+1;-1/p-1/t17-,19-,20-,21-,22+,24+,25-,26-;14-,15-,16-,17-,18+,20+,21-,22-;;;;;;/m00....../s1. The molecule has 8 fully saturated rings. The van der Waals surface area contributed by atoms with E-state index in [0.717, 1.165) is 73.0 Å². The third kappa shape index (κ3) is 13.4. The van der Waals surface area contributed by atoms with Gasteiger partial charge in [-0.15, -0.1) is 11.8 Å². The van der Waals surface area contributed by atoms with Gasteiger partial charge in [-0.1, -0.05) is 51.1 Å². The fourth-order valence-electron chi connectivity index (χ4n) is 17.2. The quantitative estimate of drug-likeness (QED) is 0.0912. The summed E-state index contributed by atoms with van der Waals surface area (Å²) in [5, 5.41) is 42.4. The second kappa shape index (κ2) is 26.6. The first-order valence-corrected chi connectivity index (χ1v) is 29.3. The van der Waals surface area contributed by atoms with E-state index in [9.17, 15) is 19.8 Å². The molecule has 1 aromatic rings. The number of Topliss-reactive ketones (excluding diaryl/α,β-unsaturated/α-hetero) is 2. The third-order valence-corrected chi connectivity index (χ3v) is 22.8. The molecule has 8 aliphatic carbocycles. The van der Waals surface area contributed by atoms with Crippen molar-refractivity contribution < 1.29 is 139 Å². The van der Waals surface area contributed by atoms with Crippen LogP contribution < -0.4 is 108 Å². The minimum Gasteiger partial charge on any atom is -1.00 e. The third-order valence-electron chi connectivity index (χ3n) is 20.8. The zero-order chi connectivity index (χ0) is 48.6. The maximum atomic E-state index is 13.4. The fourth-order valence-corrected chi connectivity index (χ4v) is 18.3. The zero-order valence-corrected chi connectivity index (χ0v) is 53.3. The molecule has 1 aliphatic heterocycles. The van der Waals surface area contributed by atoms with Gasteiger partial charge in [-0.2, -0.15) is 27.1 Å². The van der Waals surface area contributed by atoms with Gasteiger partial charge in [-0.25, -0.2) is 0 Å². The Labute approximate surface area is 525 Å². The number of halogens is 1. The van der Waals surface area contributed by atoms with Crippen molar-refractivity contribution in [1.82, 2.24) is 9.78 Å². The summed E-state index contributed by atoms with van der Waals surface area (Å²) in [5.41, 5.74) is 0.309. The van der Waals surface area contributed by atoms with Gasteiger partial charge in [-0.05, 0) is 211 Å². The maximum Gasteiger partial charge on any atom is 1.00 e. The monoisotopic (exact) mass is 1120 g/mol. The molecule has 16 heteroatoms. The molecule has 0 spiro atoms. The van der Waals surface area contributed by atoms with Gasteiger partial charge in [0.15, 0.2) is 5.78 Å². The van der Waals surface area contributed by atoms with Crippen LogP contribution in [0.5, 0.6) is 0 Å². The smallest absolute Gasteiger partial charge is 1.00 e. The number of carbonyl (C=O) groups excluding carboxylic acids is 3.